The fraction of sp³-hybridized carbons (Fsp3) is 0.550. The molecule has 31 heavy (non-hydrogen) atoms. The Morgan fingerprint density at radius 3 is 2.71 bits per heavy atom. The lowest BCUT2D eigenvalue weighted by Crippen LogP contribution is -2.52. The van der Waals surface area contributed by atoms with Crippen LogP contribution in [0, 0.1) is 0 Å². The molecule has 3 aromatic heterocycles. The van der Waals surface area contributed by atoms with Crippen LogP contribution in [-0.4, -0.2) is 79.0 Å². The van der Waals surface area contributed by atoms with Gasteiger partial charge in [-0.1, -0.05) is 20.3 Å². The van der Waals surface area contributed by atoms with Gasteiger partial charge in [-0.05, 0) is 31.5 Å². The number of hydrogen-bond acceptors (Lipinski definition) is 9. The molecule has 11 nitrogen and oxygen atoms in total. The number of carbonyl (C=O) groups is 1. The van der Waals surface area contributed by atoms with E-state index in [-0.39, 0.29) is 23.6 Å². The lowest BCUT2D eigenvalue weighted by atomic mass is 10.1. The van der Waals surface area contributed by atoms with E-state index >= 15 is 0 Å². The molecule has 3 aromatic rings. The van der Waals surface area contributed by atoms with Crippen molar-refractivity contribution >= 4 is 23.6 Å². The number of anilines is 2. The normalized spacial score (nSPS) is 16.0. The Hall–Kier alpha value is -3.21. The molecule has 0 unspecified atom stereocenters. The predicted octanol–water partition coefficient (Wildman–Crippen LogP) is 1.50. The summed E-state index contributed by atoms with van der Waals surface area (Å²) in [7, 11) is 0. The minimum Gasteiger partial charge on any atom is -0.461 e. The van der Waals surface area contributed by atoms with Crippen molar-refractivity contribution in [2.24, 2.45) is 0 Å². The number of rotatable bonds is 8. The first-order chi connectivity index (χ1) is 15.1. The highest BCUT2D eigenvalue weighted by molar-refractivity contribution is 5.84. The molecule has 1 saturated heterocycles. The van der Waals surface area contributed by atoms with Gasteiger partial charge in [0.2, 0.25) is 23.6 Å². The van der Waals surface area contributed by atoms with Gasteiger partial charge in [0, 0.05) is 26.2 Å². The maximum Gasteiger partial charge on any atom is 0.259 e. The summed E-state index contributed by atoms with van der Waals surface area (Å²) in [4.78, 5) is 30.4. The van der Waals surface area contributed by atoms with Gasteiger partial charge in [-0.15, -0.1) is 5.10 Å². The Kier molecular flexibility index (Phi) is 6.31. The van der Waals surface area contributed by atoms with E-state index in [1.165, 1.54) is 17.4 Å². The van der Waals surface area contributed by atoms with Gasteiger partial charge in [0.05, 0.1) is 6.26 Å². The summed E-state index contributed by atoms with van der Waals surface area (Å²) in [6, 6.07) is 3.08. The monoisotopic (exact) mass is 427 g/mol. The lowest BCUT2D eigenvalue weighted by molar-refractivity contribution is -0.133. The maximum absolute atomic E-state index is 13.1. The van der Waals surface area contributed by atoms with E-state index < -0.39 is 6.04 Å². The van der Waals surface area contributed by atoms with Crippen LogP contribution < -0.4 is 11.1 Å². The molecule has 1 atom stereocenters. The zero-order chi connectivity index (χ0) is 21.8. The third-order valence-electron chi connectivity index (χ3n) is 5.50. The van der Waals surface area contributed by atoms with Crippen molar-refractivity contribution in [2.75, 3.05) is 43.8 Å². The Bertz CT molecular complexity index is 1010. The molecular weight excluding hydrogens is 398 g/mol. The van der Waals surface area contributed by atoms with Crippen LogP contribution in [0.2, 0.25) is 0 Å². The van der Waals surface area contributed by atoms with Crippen molar-refractivity contribution in [3.8, 4) is 11.6 Å². The second kappa shape index (κ2) is 9.29. The zero-order valence-electron chi connectivity index (χ0n) is 18.0. The molecule has 0 bridgehead atoms. The number of aromatic nitrogens is 5. The van der Waals surface area contributed by atoms with Crippen LogP contribution in [0.15, 0.2) is 22.8 Å². The van der Waals surface area contributed by atoms with E-state index in [2.05, 4.69) is 37.2 Å². The Balaban J connectivity index is 1.45. The number of nitrogens with two attached hydrogens (primary N) is 1. The Labute approximate surface area is 180 Å². The highest BCUT2D eigenvalue weighted by atomic mass is 16.3. The molecule has 0 aromatic carbocycles. The summed E-state index contributed by atoms with van der Waals surface area (Å²) in [6.07, 6.45) is 4.53. The van der Waals surface area contributed by atoms with E-state index in [9.17, 15) is 4.79 Å². The minimum atomic E-state index is -0.434. The standard InChI is InChI=1S/C20H29N9O2/c1-3-5-8-27-9-11-28(12-10-27)17(30)14(4-2)22-19-24-18(21)29-20(25-19)23-16(26-29)15-7-6-13-31-15/h6-7,13-14H,3-5,8-12H2,1-2H3,(H3,21,22,23,24,25,26)/t14-/m0/s1. The molecule has 1 amide bonds. The first-order valence-corrected chi connectivity index (χ1v) is 10.8. The van der Waals surface area contributed by atoms with E-state index in [1.807, 2.05) is 11.8 Å². The summed E-state index contributed by atoms with van der Waals surface area (Å²) >= 11 is 0. The topological polar surface area (TPSA) is 131 Å². The smallest absolute Gasteiger partial charge is 0.259 e. The van der Waals surface area contributed by atoms with E-state index in [0.717, 1.165) is 32.7 Å². The highest BCUT2D eigenvalue weighted by Gasteiger charge is 2.27. The molecule has 0 radical (unpaired) electrons. The third-order valence-corrected chi connectivity index (χ3v) is 5.50. The predicted molar refractivity (Wildman–Crippen MR) is 116 cm³/mol. The molecule has 0 aliphatic carbocycles. The average molecular weight is 428 g/mol. The van der Waals surface area contributed by atoms with Crippen LogP contribution in [0.3, 0.4) is 0 Å². The number of unbranched alkanes of at least 4 members (excludes halogenated alkanes) is 1. The van der Waals surface area contributed by atoms with Crippen LogP contribution in [0.1, 0.15) is 33.1 Å². The van der Waals surface area contributed by atoms with Crippen LogP contribution in [0.5, 0.6) is 0 Å². The maximum atomic E-state index is 13.1. The first kappa shape index (κ1) is 21.0. The number of piperazine rings is 1. The number of carbonyl (C=O) groups excluding carboxylic acids is 1. The SMILES string of the molecule is CCCCN1CCN(C(=O)[C@H](CC)Nc2nc(N)n3nc(-c4ccco4)nc3n2)CC1. The van der Waals surface area contributed by atoms with E-state index in [1.54, 1.807) is 18.4 Å². The largest absolute Gasteiger partial charge is 0.461 e. The Morgan fingerprint density at radius 1 is 1.23 bits per heavy atom. The zero-order valence-corrected chi connectivity index (χ0v) is 18.0. The average Bonchev–Trinajstić information content (AvgIpc) is 3.46. The summed E-state index contributed by atoms with van der Waals surface area (Å²) in [5.74, 6) is 1.60. The molecule has 0 saturated carbocycles. The molecule has 4 rings (SSSR count). The van der Waals surface area contributed by atoms with Gasteiger partial charge in [-0.2, -0.15) is 19.5 Å². The molecular formula is C20H29N9O2. The molecule has 166 valence electrons. The van der Waals surface area contributed by atoms with Gasteiger partial charge in [0.25, 0.3) is 5.78 Å². The number of amides is 1. The highest BCUT2D eigenvalue weighted by Crippen LogP contribution is 2.18. The second-order valence-electron chi connectivity index (χ2n) is 7.66. The number of nitrogens with one attached hydrogen (secondary N) is 1. The molecule has 0 spiro atoms. The van der Waals surface area contributed by atoms with Crippen molar-refractivity contribution < 1.29 is 9.21 Å². The minimum absolute atomic E-state index is 0.0532. The van der Waals surface area contributed by atoms with Crippen molar-refractivity contribution in [1.82, 2.24) is 34.4 Å². The van der Waals surface area contributed by atoms with Gasteiger partial charge in [-0.3, -0.25) is 9.69 Å². The summed E-state index contributed by atoms with van der Waals surface area (Å²) < 4.78 is 6.68. The summed E-state index contributed by atoms with van der Waals surface area (Å²) in [5, 5.41) is 7.42. The molecule has 4 heterocycles. The Morgan fingerprint density at radius 2 is 2.03 bits per heavy atom. The number of fused-ring (bicyclic) bond motifs is 1. The first-order valence-electron chi connectivity index (χ1n) is 10.8. The number of furan rings is 1. The van der Waals surface area contributed by atoms with Gasteiger partial charge < -0.3 is 20.4 Å². The molecule has 11 heteroatoms. The molecule has 1 aliphatic rings. The van der Waals surface area contributed by atoms with Gasteiger partial charge in [0.1, 0.15) is 6.04 Å². The van der Waals surface area contributed by atoms with Crippen LogP contribution in [0.25, 0.3) is 17.4 Å². The van der Waals surface area contributed by atoms with Gasteiger partial charge in [-0.25, -0.2) is 0 Å². The number of hydrogen-bond donors (Lipinski definition) is 2. The summed E-state index contributed by atoms with van der Waals surface area (Å²) in [6.45, 7) is 8.54. The van der Waals surface area contributed by atoms with E-state index in [4.69, 9.17) is 10.2 Å². The van der Waals surface area contributed by atoms with Crippen molar-refractivity contribution in [3.63, 3.8) is 0 Å². The second-order valence-corrected chi connectivity index (χ2v) is 7.66. The molecule has 1 aliphatic heterocycles. The van der Waals surface area contributed by atoms with Crippen LogP contribution in [0.4, 0.5) is 11.9 Å². The van der Waals surface area contributed by atoms with Gasteiger partial charge >= 0.3 is 0 Å². The van der Waals surface area contributed by atoms with Crippen LogP contribution >= 0.6 is 0 Å². The van der Waals surface area contributed by atoms with E-state index in [0.29, 0.717) is 18.0 Å². The molecule has 3 N–H and O–H groups in total. The summed E-state index contributed by atoms with van der Waals surface area (Å²) in [5.41, 5.74) is 6.05. The quantitative estimate of drug-likeness (QED) is 0.549. The van der Waals surface area contributed by atoms with Gasteiger partial charge in [0.15, 0.2) is 5.76 Å². The van der Waals surface area contributed by atoms with Crippen molar-refractivity contribution in [2.45, 2.75) is 39.2 Å². The van der Waals surface area contributed by atoms with Crippen molar-refractivity contribution in [3.05, 3.63) is 18.4 Å². The van der Waals surface area contributed by atoms with Crippen molar-refractivity contribution in [1.29, 1.82) is 0 Å². The fourth-order valence-corrected chi connectivity index (χ4v) is 3.67. The molecule has 1 fully saturated rings. The third kappa shape index (κ3) is 4.61. The lowest BCUT2D eigenvalue weighted by Gasteiger charge is -2.36. The number of nitrogens with zero attached hydrogens (tertiary/aromatic N) is 7. The van der Waals surface area contributed by atoms with Crippen LogP contribution in [-0.2, 0) is 4.79 Å². The number of nitrogen functional groups attached to an aromatic ring is 1. The fourth-order valence-electron chi connectivity index (χ4n) is 3.67.